The predicted molar refractivity (Wildman–Crippen MR) is 55.7 cm³/mol. The first kappa shape index (κ1) is 9.77. The van der Waals surface area contributed by atoms with Gasteiger partial charge in [-0.15, -0.1) is 0 Å². The molecule has 1 aromatic carbocycles. The molecule has 0 bridgehead atoms. The van der Waals surface area contributed by atoms with E-state index in [-0.39, 0.29) is 5.43 Å². The van der Waals surface area contributed by atoms with E-state index in [0.29, 0.717) is 0 Å². The van der Waals surface area contributed by atoms with E-state index in [4.69, 9.17) is 0 Å². The van der Waals surface area contributed by atoms with E-state index in [9.17, 15) is 4.79 Å². The molecule has 0 heterocycles. The molecule has 0 amide bonds. The van der Waals surface area contributed by atoms with Crippen LogP contribution >= 0.6 is 0 Å². The van der Waals surface area contributed by atoms with Gasteiger partial charge >= 0.3 is 77.3 Å². The summed E-state index contributed by atoms with van der Waals surface area (Å²) in [6.07, 6.45) is 0. The Labute approximate surface area is 77.3 Å². The summed E-state index contributed by atoms with van der Waals surface area (Å²) >= 11 is -2.02. The quantitative estimate of drug-likeness (QED) is 0.707. The molecule has 0 aliphatic carbocycles. The molecule has 0 fully saturated rings. The molecule has 0 saturated heterocycles. The predicted octanol–water partition coefficient (Wildman–Crippen LogP) is 1.59. The van der Waals surface area contributed by atoms with Crippen molar-refractivity contribution in [1.29, 1.82) is 0 Å². The van der Waals surface area contributed by atoms with Crippen molar-refractivity contribution in [2.24, 2.45) is 0 Å². The molecular weight excluding hydrogens is 255 g/mol. The third kappa shape index (κ3) is 2.63. The van der Waals surface area contributed by atoms with Crippen molar-refractivity contribution in [3.05, 3.63) is 40.6 Å². The van der Waals surface area contributed by atoms with Crippen LogP contribution in [-0.4, -0.2) is 18.4 Å². The zero-order valence-electron chi connectivity index (χ0n) is 7.79. The zero-order chi connectivity index (χ0) is 9.19. The van der Waals surface area contributed by atoms with Gasteiger partial charge < -0.3 is 0 Å². The Morgan fingerprint density at radius 1 is 1.08 bits per heavy atom. The summed E-state index contributed by atoms with van der Waals surface area (Å²) in [5, 5.41) is 0. The topological polar surface area (TPSA) is 17.1 Å². The average Bonchev–Trinajstić information content (AvgIpc) is 2.11. The molecular formula is C10H14OSn. The zero-order valence-corrected chi connectivity index (χ0v) is 10.6. The van der Waals surface area contributed by atoms with Crippen molar-refractivity contribution < 1.29 is 0 Å². The SMILES string of the molecule is [CH3][Sn]([CH3])([CH3])[c]1ccccc(=O)c1. The van der Waals surface area contributed by atoms with Crippen molar-refractivity contribution >= 4 is 22.0 Å². The van der Waals surface area contributed by atoms with Gasteiger partial charge in [-0.2, -0.15) is 0 Å². The van der Waals surface area contributed by atoms with Gasteiger partial charge in [0.05, 0.1) is 0 Å². The molecule has 1 aromatic rings. The first-order chi connectivity index (χ1) is 5.50. The second-order valence-corrected chi connectivity index (χ2v) is 18.5. The van der Waals surface area contributed by atoms with Gasteiger partial charge in [0.1, 0.15) is 0 Å². The minimum absolute atomic E-state index is 0.127. The molecule has 0 saturated carbocycles. The van der Waals surface area contributed by atoms with Crippen LogP contribution in [0.25, 0.3) is 0 Å². The van der Waals surface area contributed by atoms with Crippen LogP contribution in [0.4, 0.5) is 0 Å². The summed E-state index contributed by atoms with van der Waals surface area (Å²) in [6.45, 7) is 0. The van der Waals surface area contributed by atoms with E-state index in [2.05, 4.69) is 20.9 Å². The molecule has 0 unspecified atom stereocenters. The normalized spacial score (nSPS) is 11.2. The van der Waals surface area contributed by atoms with Crippen LogP contribution in [0.1, 0.15) is 0 Å². The summed E-state index contributed by atoms with van der Waals surface area (Å²) in [5.74, 6) is 0. The van der Waals surface area contributed by atoms with Crippen molar-refractivity contribution in [3.8, 4) is 0 Å². The van der Waals surface area contributed by atoms with E-state index in [1.54, 1.807) is 12.1 Å². The summed E-state index contributed by atoms with van der Waals surface area (Å²) in [4.78, 5) is 18.1. The minimum atomic E-state index is -2.02. The molecule has 0 atom stereocenters. The van der Waals surface area contributed by atoms with Crippen molar-refractivity contribution in [2.75, 3.05) is 0 Å². The van der Waals surface area contributed by atoms with Crippen LogP contribution in [0.3, 0.4) is 0 Å². The molecule has 0 spiro atoms. The monoisotopic (exact) mass is 270 g/mol. The molecule has 1 nitrogen and oxygen atoms in total. The average molecular weight is 269 g/mol. The summed E-state index contributed by atoms with van der Waals surface area (Å²) in [5.41, 5.74) is 0.127. The fourth-order valence-electron chi connectivity index (χ4n) is 1.03. The number of hydrogen-bond donors (Lipinski definition) is 0. The second-order valence-electron chi connectivity index (χ2n) is 3.97. The Morgan fingerprint density at radius 3 is 2.25 bits per heavy atom. The maximum absolute atomic E-state index is 11.2. The van der Waals surface area contributed by atoms with E-state index >= 15 is 0 Å². The van der Waals surface area contributed by atoms with Crippen LogP contribution in [0, 0.1) is 0 Å². The van der Waals surface area contributed by atoms with Crippen LogP contribution < -0.4 is 9.01 Å². The molecule has 2 heteroatoms. The van der Waals surface area contributed by atoms with Gasteiger partial charge in [0.2, 0.25) is 0 Å². The van der Waals surface area contributed by atoms with Gasteiger partial charge in [0.15, 0.2) is 0 Å². The first-order valence-corrected chi connectivity index (χ1v) is 14.1. The Kier molecular flexibility index (Phi) is 2.93. The van der Waals surface area contributed by atoms with E-state index in [1.807, 2.05) is 12.1 Å². The van der Waals surface area contributed by atoms with Crippen molar-refractivity contribution in [3.63, 3.8) is 0 Å². The number of hydrogen-bond acceptors (Lipinski definition) is 1. The maximum atomic E-state index is 11.2. The summed E-state index contributed by atoms with van der Waals surface area (Å²) < 4.78 is 1.29. The molecule has 0 aliphatic rings. The fourth-order valence-corrected chi connectivity index (χ4v) is 4.37. The van der Waals surface area contributed by atoms with Gasteiger partial charge in [-0.3, -0.25) is 0 Å². The Hall–Kier alpha value is -0.311. The molecule has 1 rings (SSSR count). The molecule has 0 radical (unpaired) electrons. The van der Waals surface area contributed by atoms with E-state index in [1.165, 1.54) is 3.58 Å². The first-order valence-electron chi connectivity index (χ1n) is 4.11. The molecule has 0 aromatic heterocycles. The van der Waals surface area contributed by atoms with Gasteiger partial charge in [-0.05, 0) is 0 Å². The third-order valence-electron chi connectivity index (χ3n) is 1.81. The Morgan fingerprint density at radius 2 is 1.67 bits per heavy atom. The van der Waals surface area contributed by atoms with Crippen LogP contribution in [-0.2, 0) is 0 Å². The van der Waals surface area contributed by atoms with Gasteiger partial charge in [0, 0.05) is 0 Å². The Bertz CT molecular complexity index is 325. The summed E-state index contributed by atoms with van der Waals surface area (Å²) in [6, 6.07) is 9.25. The van der Waals surface area contributed by atoms with E-state index in [0.717, 1.165) is 0 Å². The molecule has 0 N–H and O–H groups in total. The fraction of sp³-hybridized carbons (Fsp3) is 0.300. The van der Waals surface area contributed by atoms with Crippen LogP contribution in [0.5, 0.6) is 0 Å². The second kappa shape index (κ2) is 3.60. The molecule has 12 heavy (non-hydrogen) atoms. The van der Waals surface area contributed by atoms with Crippen molar-refractivity contribution in [1.82, 2.24) is 0 Å². The van der Waals surface area contributed by atoms with Crippen LogP contribution in [0.2, 0.25) is 14.8 Å². The Balaban J connectivity index is 3.30. The van der Waals surface area contributed by atoms with Gasteiger partial charge in [0.25, 0.3) is 0 Å². The van der Waals surface area contributed by atoms with E-state index < -0.39 is 18.4 Å². The third-order valence-corrected chi connectivity index (χ3v) is 7.64. The van der Waals surface area contributed by atoms with Gasteiger partial charge in [-0.25, -0.2) is 0 Å². The number of rotatable bonds is 1. The molecule has 0 aliphatic heterocycles. The van der Waals surface area contributed by atoms with Gasteiger partial charge in [-0.1, -0.05) is 0 Å². The summed E-state index contributed by atoms with van der Waals surface area (Å²) in [7, 11) is 0. The standard InChI is InChI=1S/C7H5O.3CH3.Sn/c8-7-5-3-1-2-4-6-7;;;;/h1-3,5-6H;3*1H3;. The van der Waals surface area contributed by atoms with Crippen molar-refractivity contribution in [2.45, 2.75) is 14.8 Å². The molecule has 64 valence electrons. The van der Waals surface area contributed by atoms with Crippen LogP contribution in [0.15, 0.2) is 35.1 Å².